The third kappa shape index (κ3) is 3.65. The van der Waals surface area contributed by atoms with Gasteiger partial charge in [0.1, 0.15) is 5.75 Å². The summed E-state index contributed by atoms with van der Waals surface area (Å²) in [5.74, 6) is -0.603. The molecular formula is C19H17Cl2NO3. The molecule has 0 spiro atoms. The summed E-state index contributed by atoms with van der Waals surface area (Å²) < 4.78 is 5.52. The van der Waals surface area contributed by atoms with E-state index < -0.39 is 11.9 Å². The Balaban J connectivity index is 1.77. The van der Waals surface area contributed by atoms with Crippen molar-refractivity contribution in [2.45, 2.75) is 20.3 Å². The number of hydrogen-bond acceptors (Lipinski definition) is 3. The maximum Gasteiger partial charge on any atom is 0.316 e. The van der Waals surface area contributed by atoms with Crippen LogP contribution < -0.4 is 9.64 Å². The second-order valence-electron chi connectivity index (χ2n) is 6.17. The van der Waals surface area contributed by atoms with Gasteiger partial charge in [-0.15, -0.1) is 0 Å². The largest absolute Gasteiger partial charge is 0.426 e. The summed E-state index contributed by atoms with van der Waals surface area (Å²) in [5.41, 5.74) is 2.39. The molecule has 0 unspecified atom stereocenters. The highest BCUT2D eigenvalue weighted by Crippen LogP contribution is 2.36. The minimum atomic E-state index is -0.539. The molecule has 3 rings (SSSR count). The van der Waals surface area contributed by atoms with E-state index in [-0.39, 0.29) is 18.9 Å². The van der Waals surface area contributed by atoms with Crippen molar-refractivity contribution in [2.75, 3.05) is 11.4 Å². The molecule has 0 aromatic heterocycles. The molecule has 6 heteroatoms. The number of carbonyl (C=O) groups excluding carboxylic acids is 2. The number of amides is 1. The van der Waals surface area contributed by atoms with Gasteiger partial charge in [0.25, 0.3) is 0 Å². The molecule has 0 N–H and O–H groups in total. The molecule has 1 atom stereocenters. The second kappa shape index (κ2) is 7.06. The van der Waals surface area contributed by atoms with Crippen molar-refractivity contribution in [3.63, 3.8) is 0 Å². The molecule has 1 heterocycles. The highest BCUT2D eigenvalue weighted by Gasteiger charge is 2.37. The molecule has 4 nitrogen and oxygen atoms in total. The standard InChI is InChI=1S/C19H17Cl2NO3/c1-11-6-7-12(2)16(8-11)25-19(24)13-9-17(23)22(10-13)15-5-3-4-14(20)18(15)21/h3-8,13H,9-10H2,1-2H3/t13-/m1/s1. The molecule has 1 amide bonds. The number of carbonyl (C=O) groups is 2. The van der Waals surface area contributed by atoms with Crippen molar-refractivity contribution in [1.29, 1.82) is 0 Å². The summed E-state index contributed by atoms with van der Waals surface area (Å²) in [7, 11) is 0. The van der Waals surface area contributed by atoms with Gasteiger partial charge >= 0.3 is 5.97 Å². The average molecular weight is 378 g/mol. The molecule has 25 heavy (non-hydrogen) atoms. The quantitative estimate of drug-likeness (QED) is 0.581. The lowest BCUT2D eigenvalue weighted by Gasteiger charge is -2.18. The summed E-state index contributed by atoms with van der Waals surface area (Å²) in [6.07, 6.45) is 0.0898. The fraction of sp³-hybridized carbons (Fsp3) is 0.263. The number of anilines is 1. The van der Waals surface area contributed by atoms with Gasteiger partial charge in [0, 0.05) is 13.0 Å². The summed E-state index contributed by atoms with van der Waals surface area (Å²) in [6, 6.07) is 10.8. The van der Waals surface area contributed by atoms with Crippen LogP contribution >= 0.6 is 23.2 Å². The molecular weight excluding hydrogens is 361 g/mol. The SMILES string of the molecule is Cc1ccc(C)c(OC(=O)[C@@H]2CC(=O)N(c3cccc(Cl)c3Cl)C2)c1. The molecule has 0 aliphatic carbocycles. The predicted octanol–water partition coefficient (Wildman–Crippen LogP) is 4.57. The van der Waals surface area contributed by atoms with E-state index in [2.05, 4.69) is 0 Å². The zero-order valence-electron chi connectivity index (χ0n) is 13.9. The smallest absolute Gasteiger partial charge is 0.316 e. The number of halogens is 2. The van der Waals surface area contributed by atoms with Gasteiger partial charge in [0.05, 0.1) is 21.7 Å². The number of hydrogen-bond donors (Lipinski definition) is 0. The van der Waals surface area contributed by atoms with E-state index in [1.54, 1.807) is 18.2 Å². The van der Waals surface area contributed by atoms with Gasteiger partial charge in [-0.3, -0.25) is 9.59 Å². The molecule has 2 aromatic carbocycles. The van der Waals surface area contributed by atoms with Crippen LogP contribution in [0.5, 0.6) is 5.75 Å². The van der Waals surface area contributed by atoms with Crippen LogP contribution in [0.1, 0.15) is 17.5 Å². The van der Waals surface area contributed by atoms with E-state index >= 15 is 0 Å². The topological polar surface area (TPSA) is 46.6 Å². The van der Waals surface area contributed by atoms with Crippen molar-refractivity contribution >= 4 is 40.8 Å². The van der Waals surface area contributed by atoms with Gasteiger partial charge in [0.2, 0.25) is 5.91 Å². The lowest BCUT2D eigenvalue weighted by Crippen LogP contribution is -2.27. The molecule has 0 radical (unpaired) electrons. The fourth-order valence-electron chi connectivity index (χ4n) is 2.81. The van der Waals surface area contributed by atoms with E-state index in [0.29, 0.717) is 21.5 Å². The van der Waals surface area contributed by atoms with Crippen molar-refractivity contribution in [1.82, 2.24) is 0 Å². The van der Waals surface area contributed by atoms with E-state index in [1.807, 2.05) is 32.0 Å². The normalized spacial score (nSPS) is 17.0. The highest BCUT2D eigenvalue weighted by atomic mass is 35.5. The van der Waals surface area contributed by atoms with Gasteiger partial charge in [-0.1, -0.05) is 41.4 Å². The van der Waals surface area contributed by atoms with Gasteiger partial charge in [0.15, 0.2) is 0 Å². The number of ether oxygens (including phenoxy) is 1. The van der Waals surface area contributed by atoms with Crippen molar-refractivity contribution in [2.24, 2.45) is 5.92 Å². The number of aryl methyl sites for hydroxylation is 2. The van der Waals surface area contributed by atoms with Crippen molar-refractivity contribution < 1.29 is 14.3 Å². The Morgan fingerprint density at radius 2 is 1.96 bits per heavy atom. The fourth-order valence-corrected chi connectivity index (χ4v) is 3.21. The Morgan fingerprint density at radius 3 is 2.72 bits per heavy atom. The lowest BCUT2D eigenvalue weighted by molar-refractivity contribution is -0.139. The number of nitrogens with zero attached hydrogens (tertiary/aromatic N) is 1. The highest BCUT2D eigenvalue weighted by molar-refractivity contribution is 6.44. The molecule has 1 aliphatic rings. The van der Waals surface area contributed by atoms with Crippen LogP contribution in [-0.4, -0.2) is 18.4 Å². The van der Waals surface area contributed by atoms with Crippen LogP contribution in [-0.2, 0) is 9.59 Å². The first-order valence-electron chi connectivity index (χ1n) is 7.90. The summed E-state index contributed by atoms with van der Waals surface area (Å²) in [4.78, 5) is 26.3. The van der Waals surface area contributed by atoms with Gasteiger partial charge in [-0.2, -0.15) is 0 Å². The van der Waals surface area contributed by atoms with Gasteiger partial charge in [-0.25, -0.2) is 0 Å². The molecule has 130 valence electrons. The van der Waals surface area contributed by atoms with Crippen LogP contribution in [0, 0.1) is 19.8 Å². The first-order valence-corrected chi connectivity index (χ1v) is 8.65. The van der Waals surface area contributed by atoms with Crippen LogP contribution in [0.4, 0.5) is 5.69 Å². The zero-order chi connectivity index (χ0) is 18.1. The molecule has 0 saturated carbocycles. The Hall–Kier alpha value is -2.04. The third-order valence-corrected chi connectivity index (χ3v) is 5.04. The Labute approximate surface area is 156 Å². The Bertz CT molecular complexity index is 851. The minimum absolute atomic E-state index is 0.0898. The molecule has 1 aliphatic heterocycles. The van der Waals surface area contributed by atoms with E-state index in [4.69, 9.17) is 27.9 Å². The van der Waals surface area contributed by atoms with Crippen LogP contribution in [0.15, 0.2) is 36.4 Å². The Morgan fingerprint density at radius 1 is 1.20 bits per heavy atom. The summed E-state index contributed by atoms with van der Waals surface area (Å²) in [6.45, 7) is 4.03. The van der Waals surface area contributed by atoms with Gasteiger partial charge in [-0.05, 0) is 43.2 Å². The zero-order valence-corrected chi connectivity index (χ0v) is 15.4. The Kier molecular flexibility index (Phi) is 5.02. The number of benzene rings is 2. The summed E-state index contributed by atoms with van der Waals surface area (Å²) >= 11 is 12.2. The van der Waals surface area contributed by atoms with Gasteiger partial charge < -0.3 is 9.64 Å². The first kappa shape index (κ1) is 17.8. The number of esters is 1. The van der Waals surface area contributed by atoms with Crippen LogP contribution in [0.2, 0.25) is 10.0 Å². The number of rotatable bonds is 3. The minimum Gasteiger partial charge on any atom is -0.426 e. The molecule has 1 saturated heterocycles. The summed E-state index contributed by atoms with van der Waals surface area (Å²) in [5, 5.41) is 0.675. The second-order valence-corrected chi connectivity index (χ2v) is 6.95. The van der Waals surface area contributed by atoms with Crippen molar-refractivity contribution in [3.8, 4) is 5.75 Å². The van der Waals surface area contributed by atoms with E-state index in [0.717, 1.165) is 11.1 Å². The molecule has 1 fully saturated rings. The lowest BCUT2D eigenvalue weighted by atomic mass is 10.1. The third-order valence-electron chi connectivity index (χ3n) is 4.23. The molecule has 0 bridgehead atoms. The van der Waals surface area contributed by atoms with Crippen LogP contribution in [0.25, 0.3) is 0 Å². The van der Waals surface area contributed by atoms with Crippen LogP contribution in [0.3, 0.4) is 0 Å². The predicted molar refractivity (Wildman–Crippen MR) is 98.5 cm³/mol. The first-order chi connectivity index (χ1) is 11.9. The monoisotopic (exact) mass is 377 g/mol. The van der Waals surface area contributed by atoms with E-state index in [1.165, 1.54) is 4.90 Å². The van der Waals surface area contributed by atoms with E-state index in [9.17, 15) is 9.59 Å². The average Bonchev–Trinajstić information content (AvgIpc) is 2.95. The maximum absolute atomic E-state index is 12.5. The van der Waals surface area contributed by atoms with Crippen molar-refractivity contribution in [3.05, 3.63) is 57.6 Å². The molecule has 2 aromatic rings. The maximum atomic E-state index is 12.5.